The average Bonchev–Trinajstić information content (AvgIpc) is 2.73. The van der Waals surface area contributed by atoms with Crippen molar-refractivity contribution in [2.75, 3.05) is 20.1 Å². The normalized spacial score (nSPS) is 19.7. The number of carbonyl (C=O) groups excluding carboxylic acids is 1. The Morgan fingerprint density at radius 2 is 1.59 bits per heavy atom. The Labute approximate surface area is 180 Å². The van der Waals surface area contributed by atoms with Gasteiger partial charge in [-0.05, 0) is 55.3 Å². The number of halogens is 7. The molecule has 0 aliphatic carbocycles. The van der Waals surface area contributed by atoms with Crippen molar-refractivity contribution < 1.29 is 35.5 Å². The maximum absolute atomic E-state index is 14.1. The fourth-order valence-corrected chi connectivity index (χ4v) is 3.92. The van der Waals surface area contributed by atoms with Gasteiger partial charge in [0.2, 0.25) is 0 Å². The Morgan fingerprint density at radius 3 is 2.12 bits per heavy atom. The van der Waals surface area contributed by atoms with Crippen LogP contribution in [0, 0.1) is 12.7 Å². The molecule has 3 nitrogen and oxygen atoms in total. The highest BCUT2D eigenvalue weighted by Gasteiger charge is 2.39. The summed E-state index contributed by atoms with van der Waals surface area (Å²) in [7, 11) is 1.34. The molecule has 10 heteroatoms. The second-order valence-electron chi connectivity index (χ2n) is 7.89. The minimum absolute atomic E-state index is 0.0147. The van der Waals surface area contributed by atoms with Gasteiger partial charge in [-0.15, -0.1) is 0 Å². The number of amides is 1. The van der Waals surface area contributed by atoms with Gasteiger partial charge >= 0.3 is 12.4 Å². The van der Waals surface area contributed by atoms with Gasteiger partial charge in [0.15, 0.2) is 0 Å². The highest BCUT2D eigenvalue weighted by Crippen LogP contribution is 2.37. The fourth-order valence-electron chi connectivity index (χ4n) is 3.92. The molecule has 0 unspecified atom stereocenters. The molecule has 1 N–H and O–H groups in total. The highest BCUT2D eigenvalue weighted by atomic mass is 19.4. The van der Waals surface area contributed by atoms with Crippen LogP contribution in [0.2, 0.25) is 0 Å². The topological polar surface area (TPSA) is 32.3 Å². The first-order valence-electron chi connectivity index (χ1n) is 9.82. The van der Waals surface area contributed by atoms with E-state index in [1.54, 1.807) is 19.1 Å². The van der Waals surface area contributed by atoms with Crippen molar-refractivity contribution in [2.24, 2.45) is 0 Å². The van der Waals surface area contributed by atoms with Crippen molar-refractivity contribution in [3.63, 3.8) is 0 Å². The number of aryl methyl sites for hydroxylation is 1. The zero-order valence-electron chi connectivity index (χ0n) is 17.2. The zero-order chi connectivity index (χ0) is 23.8. The Bertz CT molecular complexity index is 968. The largest absolute Gasteiger partial charge is 0.416 e. The fraction of sp³-hybridized carbons (Fsp3) is 0.409. The van der Waals surface area contributed by atoms with Crippen molar-refractivity contribution >= 4 is 5.91 Å². The molecule has 32 heavy (non-hydrogen) atoms. The molecule has 0 bridgehead atoms. The van der Waals surface area contributed by atoms with Crippen LogP contribution in [0.4, 0.5) is 30.7 Å². The number of hydrogen-bond donors (Lipinski definition) is 1. The van der Waals surface area contributed by atoms with E-state index < -0.39 is 46.8 Å². The van der Waals surface area contributed by atoms with E-state index in [1.807, 2.05) is 0 Å². The van der Waals surface area contributed by atoms with Crippen LogP contribution in [0.1, 0.15) is 45.0 Å². The van der Waals surface area contributed by atoms with Crippen LogP contribution in [0.15, 0.2) is 36.4 Å². The van der Waals surface area contributed by atoms with Gasteiger partial charge in [0, 0.05) is 31.1 Å². The van der Waals surface area contributed by atoms with Gasteiger partial charge in [0.05, 0.1) is 11.1 Å². The lowest BCUT2D eigenvalue weighted by molar-refractivity contribution is -0.143. The minimum Gasteiger partial charge on any atom is -0.338 e. The molecular weight excluding hydrogens is 441 g/mol. The van der Waals surface area contributed by atoms with Crippen LogP contribution < -0.4 is 5.32 Å². The molecule has 2 aromatic rings. The standard InChI is InChI=1S/C22H21F7N2O/c1-12-3-4-13(9-18(12)23)17-11-30-6-5-19(17)31(2)20(32)14-7-15(21(24,25)26)10-16(8-14)22(27,28)29/h3-4,7-10,17,19,30H,5-6,11H2,1-2H3/t17-,19+/m0/s1. The lowest BCUT2D eigenvalue weighted by Crippen LogP contribution is -2.49. The molecule has 1 fully saturated rings. The van der Waals surface area contributed by atoms with Crippen molar-refractivity contribution in [2.45, 2.75) is 37.7 Å². The maximum Gasteiger partial charge on any atom is 0.416 e. The second-order valence-corrected chi connectivity index (χ2v) is 7.89. The molecule has 1 heterocycles. The Balaban J connectivity index is 1.97. The average molecular weight is 462 g/mol. The van der Waals surface area contributed by atoms with Crippen LogP contribution in [-0.4, -0.2) is 37.0 Å². The quantitative estimate of drug-likeness (QED) is 0.621. The van der Waals surface area contributed by atoms with E-state index in [4.69, 9.17) is 0 Å². The second kappa shape index (κ2) is 8.73. The summed E-state index contributed by atoms with van der Waals surface area (Å²) in [6, 6.07) is 4.91. The van der Waals surface area contributed by atoms with Crippen molar-refractivity contribution in [1.82, 2.24) is 10.2 Å². The lowest BCUT2D eigenvalue weighted by Gasteiger charge is -2.39. The molecule has 3 rings (SSSR count). The van der Waals surface area contributed by atoms with E-state index in [1.165, 1.54) is 13.1 Å². The number of benzene rings is 2. The van der Waals surface area contributed by atoms with E-state index in [0.717, 1.165) is 4.90 Å². The molecule has 1 saturated heterocycles. The van der Waals surface area contributed by atoms with Crippen LogP contribution in [-0.2, 0) is 12.4 Å². The molecule has 1 aliphatic heterocycles. The van der Waals surface area contributed by atoms with Crippen LogP contribution in [0.3, 0.4) is 0 Å². The number of hydrogen-bond acceptors (Lipinski definition) is 2. The van der Waals surface area contributed by atoms with Gasteiger partial charge in [-0.2, -0.15) is 26.3 Å². The molecular formula is C22H21F7N2O. The molecule has 0 saturated carbocycles. The van der Waals surface area contributed by atoms with Gasteiger partial charge in [-0.25, -0.2) is 4.39 Å². The zero-order valence-corrected chi connectivity index (χ0v) is 17.2. The number of rotatable bonds is 3. The number of nitrogens with zero attached hydrogens (tertiary/aromatic N) is 1. The first kappa shape index (κ1) is 24.0. The summed E-state index contributed by atoms with van der Waals surface area (Å²) in [5, 5.41) is 3.13. The third kappa shape index (κ3) is 5.06. The molecule has 2 aromatic carbocycles. The van der Waals surface area contributed by atoms with Gasteiger partial charge < -0.3 is 10.2 Å². The monoisotopic (exact) mass is 462 g/mol. The van der Waals surface area contributed by atoms with Crippen molar-refractivity contribution in [3.8, 4) is 0 Å². The molecule has 174 valence electrons. The third-order valence-electron chi connectivity index (χ3n) is 5.72. The summed E-state index contributed by atoms with van der Waals surface area (Å²) in [4.78, 5) is 14.1. The van der Waals surface area contributed by atoms with Gasteiger partial charge in [-0.3, -0.25) is 4.79 Å². The smallest absolute Gasteiger partial charge is 0.338 e. The van der Waals surface area contributed by atoms with Gasteiger partial charge in [0.25, 0.3) is 5.91 Å². The first-order chi connectivity index (χ1) is 14.8. The number of likely N-dealkylation sites (N-methyl/N-ethyl adjacent to an activating group) is 1. The van der Waals surface area contributed by atoms with Crippen LogP contribution >= 0.6 is 0 Å². The number of carbonyl (C=O) groups is 1. The SMILES string of the molecule is Cc1ccc([C@@H]2CNCC[C@H]2N(C)C(=O)c2cc(C(F)(F)F)cc(C(F)(F)F)c2)cc1F. The van der Waals surface area contributed by atoms with E-state index in [2.05, 4.69) is 5.32 Å². The van der Waals surface area contributed by atoms with Crippen molar-refractivity contribution in [3.05, 3.63) is 70.0 Å². The summed E-state index contributed by atoms with van der Waals surface area (Å²) in [5.74, 6) is -1.79. The molecule has 1 amide bonds. The first-order valence-corrected chi connectivity index (χ1v) is 9.82. The highest BCUT2D eigenvalue weighted by molar-refractivity contribution is 5.94. The molecule has 1 aliphatic rings. The van der Waals surface area contributed by atoms with E-state index in [0.29, 0.717) is 42.8 Å². The van der Waals surface area contributed by atoms with E-state index in [9.17, 15) is 35.5 Å². The van der Waals surface area contributed by atoms with Gasteiger partial charge in [0.1, 0.15) is 5.82 Å². The summed E-state index contributed by atoms with van der Waals surface area (Å²) in [5.41, 5.74) is -2.78. The molecule has 2 atom stereocenters. The van der Waals surface area contributed by atoms with E-state index >= 15 is 0 Å². The Hall–Kier alpha value is -2.62. The van der Waals surface area contributed by atoms with Crippen LogP contribution in [0.25, 0.3) is 0 Å². The maximum atomic E-state index is 14.1. The predicted molar refractivity (Wildman–Crippen MR) is 104 cm³/mol. The minimum atomic E-state index is -5.05. The molecule has 0 radical (unpaired) electrons. The van der Waals surface area contributed by atoms with E-state index in [-0.39, 0.29) is 12.0 Å². The van der Waals surface area contributed by atoms with Crippen LogP contribution in [0.5, 0.6) is 0 Å². The Kier molecular flexibility index (Phi) is 6.55. The summed E-state index contributed by atoms with van der Waals surface area (Å²) < 4.78 is 93.1. The number of nitrogens with one attached hydrogen (secondary N) is 1. The number of alkyl halides is 6. The van der Waals surface area contributed by atoms with Gasteiger partial charge in [-0.1, -0.05) is 12.1 Å². The lowest BCUT2D eigenvalue weighted by atomic mass is 9.85. The summed E-state index contributed by atoms with van der Waals surface area (Å²) in [6.07, 6.45) is -9.70. The predicted octanol–water partition coefficient (Wildman–Crippen LogP) is 5.39. The third-order valence-corrected chi connectivity index (χ3v) is 5.72. The number of piperidine rings is 1. The Morgan fingerprint density at radius 1 is 1.00 bits per heavy atom. The molecule has 0 aromatic heterocycles. The van der Waals surface area contributed by atoms with Crippen molar-refractivity contribution in [1.29, 1.82) is 0 Å². The summed E-state index contributed by atoms with van der Waals surface area (Å²) in [6.45, 7) is 2.46. The molecule has 0 spiro atoms. The summed E-state index contributed by atoms with van der Waals surface area (Å²) >= 11 is 0.